The lowest BCUT2D eigenvalue weighted by molar-refractivity contribution is -0.124. The van der Waals surface area contributed by atoms with Crippen LogP contribution in [0.1, 0.15) is 13.0 Å². The number of rotatable bonds is 5. The summed E-state index contributed by atoms with van der Waals surface area (Å²) in [6.07, 6.45) is 3.00. The van der Waals surface area contributed by atoms with E-state index in [0.717, 1.165) is 32.7 Å². The van der Waals surface area contributed by atoms with Crippen LogP contribution in [0.2, 0.25) is 0 Å². The van der Waals surface area contributed by atoms with Crippen molar-refractivity contribution in [2.75, 3.05) is 46.3 Å². The van der Waals surface area contributed by atoms with Crippen molar-refractivity contribution in [3.05, 3.63) is 12.7 Å². The Morgan fingerprint density at radius 3 is 2.74 bits per heavy atom. The molecule has 1 N–H and O–H groups in total. The second-order valence-electron chi connectivity index (χ2n) is 4.99. The summed E-state index contributed by atoms with van der Waals surface area (Å²) in [7, 11) is 2.14. The van der Waals surface area contributed by atoms with Gasteiger partial charge in [-0.2, -0.15) is 5.10 Å². The molecule has 0 spiro atoms. The molecule has 2 heterocycles. The summed E-state index contributed by atoms with van der Waals surface area (Å²) in [5.41, 5.74) is 0. The zero-order chi connectivity index (χ0) is 13.7. The van der Waals surface area contributed by atoms with Crippen LogP contribution in [0.4, 0.5) is 0 Å². The third-order valence-electron chi connectivity index (χ3n) is 3.54. The van der Waals surface area contributed by atoms with E-state index in [-0.39, 0.29) is 11.9 Å². The molecule has 1 atom stereocenters. The number of piperazine rings is 1. The highest BCUT2D eigenvalue weighted by Crippen LogP contribution is 2.02. The first kappa shape index (κ1) is 14.0. The summed E-state index contributed by atoms with van der Waals surface area (Å²) in [5.74, 6) is -0.0142. The maximum atomic E-state index is 11.9. The maximum Gasteiger partial charge on any atom is 0.244 e. The van der Waals surface area contributed by atoms with Crippen LogP contribution in [0, 0.1) is 0 Å². The number of aromatic nitrogens is 3. The molecule has 0 unspecified atom stereocenters. The molecule has 0 aromatic carbocycles. The monoisotopic (exact) mass is 266 g/mol. The third kappa shape index (κ3) is 4.00. The smallest absolute Gasteiger partial charge is 0.244 e. The molecule has 7 heteroatoms. The zero-order valence-corrected chi connectivity index (χ0v) is 11.6. The molecule has 1 aromatic heterocycles. The number of hydrogen-bond acceptors (Lipinski definition) is 5. The molecule has 0 saturated carbocycles. The first-order valence-electron chi connectivity index (χ1n) is 6.69. The number of carbonyl (C=O) groups excluding carboxylic acids is 1. The van der Waals surface area contributed by atoms with Crippen LogP contribution < -0.4 is 5.32 Å². The van der Waals surface area contributed by atoms with Gasteiger partial charge in [0.2, 0.25) is 5.91 Å². The fourth-order valence-electron chi connectivity index (χ4n) is 2.09. The molecule has 1 aliphatic heterocycles. The minimum absolute atomic E-state index is 0.0142. The number of amides is 1. The van der Waals surface area contributed by atoms with E-state index >= 15 is 0 Å². The third-order valence-corrected chi connectivity index (χ3v) is 3.54. The molecule has 19 heavy (non-hydrogen) atoms. The van der Waals surface area contributed by atoms with Crippen LogP contribution in [0.3, 0.4) is 0 Å². The Morgan fingerprint density at radius 2 is 2.11 bits per heavy atom. The van der Waals surface area contributed by atoms with Crippen molar-refractivity contribution in [3.8, 4) is 0 Å². The number of nitrogens with zero attached hydrogens (tertiary/aromatic N) is 5. The molecule has 1 saturated heterocycles. The van der Waals surface area contributed by atoms with Crippen LogP contribution in [0.5, 0.6) is 0 Å². The van der Waals surface area contributed by atoms with Crippen molar-refractivity contribution in [2.24, 2.45) is 0 Å². The summed E-state index contributed by atoms with van der Waals surface area (Å²) < 4.78 is 1.56. The van der Waals surface area contributed by atoms with Gasteiger partial charge in [0.15, 0.2) is 0 Å². The summed E-state index contributed by atoms with van der Waals surface area (Å²) in [6.45, 7) is 7.76. The van der Waals surface area contributed by atoms with Crippen LogP contribution in [0.15, 0.2) is 12.7 Å². The Morgan fingerprint density at radius 1 is 1.37 bits per heavy atom. The van der Waals surface area contributed by atoms with Crippen LogP contribution in [-0.2, 0) is 4.79 Å². The lowest BCUT2D eigenvalue weighted by atomic mass is 10.3. The molecule has 106 valence electrons. The van der Waals surface area contributed by atoms with E-state index in [1.54, 1.807) is 11.0 Å². The molecule has 1 fully saturated rings. The molecule has 2 rings (SSSR count). The van der Waals surface area contributed by atoms with Gasteiger partial charge in [-0.1, -0.05) is 0 Å². The second-order valence-corrected chi connectivity index (χ2v) is 4.99. The van der Waals surface area contributed by atoms with Gasteiger partial charge in [0, 0.05) is 39.3 Å². The molecule has 0 aliphatic carbocycles. The standard InChI is InChI=1S/C12H22N6O/c1-11(18-10-13-9-15-18)12(19)14-3-4-17-7-5-16(2)6-8-17/h9-11H,3-8H2,1-2H3,(H,14,19)/t11-/m1/s1. The number of carbonyl (C=O) groups is 1. The summed E-state index contributed by atoms with van der Waals surface area (Å²) >= 11 is 0. The van der Waals surface area contributed by atoms with Gasteiger partial charge in [-0.05, 0) is 14.0 Å². The highest BCUT2D eigenvalue weighted by molar-refractivity contribution is 5.79. The first-order valence-corrected chi connectivity index (χ1v) is 6.69. The molecule has 0 radical (unpaired) electrons. The van der Waals surface area contributed by atoms with E-state index in [2.05, 4.69) is 32.2 Å². The predicted octanol–water partition coefficient (Wildman–Crippen LogP) is -0.797. The van der Waals surface area contributed by atoms with Gasteiger partial charge in [0.05, 0.1) is 0 Å². The lowest BCUT2D eigenvalue weighted by Crippen LogP contribution is -2.47. The van der Waals surface area contributed by atoms with Gasteiger partial charge in [-0.25, -0.2) is 9.67 Å². The van der Waals surface area contributed by atoms with Gasteiger partial charge in [-0.15, -0.1) is 0 Å². The molecule has 1 aromatic rings. The van der Waals surface area contributed by atoms with Gasteiger partial charge < -0.3 is 10.2 Å². The number of nitrogens with one attached hydrogen (secondary N) is 1. The maximum absolute atomic E-state index is 11.9. The predicted molar refractivity (Wildman–Crippen MR) is 71.7 cm³/mol. The molecular formula is C12H22N6O. The number of likely N-dealkylation sites (N-methyl/N-ethyl adjacent to an activating group) is 1. The minimum atomic E-state index is -0.310. The first-order chi connectivity index (χ1) is 9.16. The van der Waals surface area contributed by atoms with E-state index in [0.29, 0.717) is 6.54 Å². The Balaban J connectivity index is 1.66. The second kappa shape index (κ2) is 6.63. The van der Waals surface area contributed by atoms with Crippen LogP contribution >= 0.6 is 0 Å². The van der Waals surface area contributed by atoms with Crippen molar-refractivity contribution in [2.45, 2.75) is 13.0 Å². The summed E-state index contributed by atoms with van der Waals surface area (Å²) in [6, 6.07) is -0.310. The highest BCUT2D eigenvalue weighted by Gasteiger charge is 2.16. The van der Waals surface area contributed by atoms with Gasteiger partial charge in [0.25, 0.3) is 0 Å². The van der Waals surface area contributed by atoms with Crippen molar-refractivity contribution in [1.82, 2.24) is 29.9 Å². The highest BCUT2D eigenvalue weighted by atomic mass is 16.2. The van der Waals surface area contributed by atoms with Crippen molar-refractivity contribution in [3.63, 3.8) is 0 Å². The van der Waals surface area contributed by atoms with Crippen LogP contribution in [0.25, 0.3) is 0 Å². The van der Waals surface area contributed by atoms with Crippen molar-refractivity contribution >= 4 is 5.91 Å². The largest absolute Gasteiger partial charge is 0.353 e. The van der Waals surface area contributed by atoms with E-state index in [9.17, 15) is 4.79 Å². The Bertz CT molecular complexity index is 385. The van der Waals surface area contributed by atoms with Gasteiger partial charge in [-0.3, -0.25) is 9.69 Å². The van der Waals surface area contributed by atoms with Gasteiger partial charge in [0.1, 0.15) is 18.7 Å². The van der Waals surface area contributed by atoms with Gasteiger partial charge >= 0.3 is 0 Å². The molecule has 1 amide bonds. The minimum Gasteiger partial charge on any atom is -0.353 e. The van der Waals surface area contributed by atoms with E-state index in [1.165, 1.54) is 6.33 Å². The Kier molecular flexibility index (Phi) is 4.86. The van der Waals surface area contributed by atoms with Crippen LogP contribution in [-0.4, -0.2) is 76.8 Å². The Hall–Kier alpha value is -1.47. The van der Waals surface area contributed by atoms with E-state index < -0.39 is 0 Å². The van der Waals surface area contributed by atoms with Crippen molar-refractivity contribution < 1.29 is 4.79 Å². The topological polar surface area (TPSA) is 66.3 Å². The average Bonchev–Trinajstić information content (AvgIpc) is 2.94. The number of hydrogen-bond donors (Lipinski definition) is 1. The normalized spacial score (nSPS) is 19.3. The summed E-state index contributed by atoms with van der Waals surface area (Å²) in [4.78, 5) is 20.5. The summed E-state index contributed by atoms with van der Waals surface area (Å²) in [5, 5.41) is 6.92. The fourth-order valence-corrected chi connectivity index (χ4v) is 2.09. The average molecular weight is 266 g/mol. The Labute approximate surface area is 113 Å². The SMILES string of the molecule is C[C@H](C(=O)NCCN1CCN(C)CC1)n1cncn1. The molecule has 7 nitrogen and oxygen atoms in total. The molecule has 1 aliphatic rings. The quantitative estimate of drug-likeness (QED) is 0.756. The van der Waals surface area contributed by atoms with E-state index in [1.807, 2.05) is 6.92 Å². The zero-order valence-electron chi connectivity index (χ0n) is 11.6. The van der Waals surface area contributed by atoms with Crippen molar-refractivity contribution in [1.29, 1.82) is 0 Å². The van der Waals surface area contributed by atoms with E-state index in [4.69, 9.17) is 0 Å². The fraction of sp³-hybridized carbons (Fsp3) is 0.750. The lowest BCUT2D eigenvalue weighted by Gasteiger charge is -2.32. The molecular weight excluding hydrogens is 244 g/mol. The molecule has 0 bridgehead atoms.